The summed E-state index contributed by atoms with van der Waals surface area (Å²) in [6.07, 6.45) is 12.6. The van der Waals surface area contributed by atoms with Crippen LogP contribution in [0.1, 0.15) is 84.5 Å². The molecule has 2 heteroatoms. The van der Waals surface area contributed by atoms with Gasteiger partial charge in [0.2, 0.25) is 0 Å². The van der Waals surface area contributed by atoms with Crippen LogP contribution >= 0.6 is 0 Å². The van der Waals surface area contributed by atoms with E-state index < -0.39 is 5.67 Å². The van der Waals surface area contributed by atoms with Crippen LogP contribution in [0.25, 0.3) is 0 Å². The zero-order chi connectivity index (χ0) is 13.3. The first kappa shape index (κ1) is 15.9. The van der Waals surface area contributed by atoms with Gasteiger partial charge in [-0.05, 0) is 39.2 Å². The van der Waals surface area contributed by atoms with Crippen molar-refractivity contribution >= 4 is 0 Å². The van der Waals surface area contributed by atoms with Gasteiger partial charge in [0.25, 0.3) is 0 Å². The van der Waals surface area contributed by atoms with E-state index in [4.69, 9.17) is 0 Å². The van der Waals surface area contributed by atoms with Gasteiger partial charge in [-0.15, -0.1) is 0 Å². The maximum atomic E-state index is 14.4. The molecular weight excluding hydrogens is 225 g/mol. The zero-order valence-corrected chi connectivity index (χ0v) is 12.4. The molecule has 108 valence electrons. The minimum Gasteiger partial charge on any atom is -0.314 e. The lowest BCUT2D eigenvalue weighted by molar-refractivity contribution is 0.130. The molecule has 0 aromatic rings. The largest absolute Gasteiger partial charge is 0.314 e. The number of unbranched alkanes of at least 4 members (excludes halogenated alkanes) is 5. The van der Waals surface area contributed by atoms with Crippen LogP contribution in [0.4, 0.5) is 4.39 Å². The summed E-state index contributed by atoms with van der Waals surface area (Å²) in [6.45, 7) is 5.11. The fourth-order valence-electron chi connectivity index (χ4n) is 2.99. The Morgan fingerprint density at radius 1 is 1.11 bits per heavy atom. The van der Waals surface area contributed by atoms with E-state index in [9.17, 15) is 4.39 Å². The van der Waals surface area contributed by atoms with Crippen molar-refractivity contribution in [2.24, 2.45) is 0 Å². The van der Waals surface area contributed by atoms with Crippen LogP contribution in [-0.2, 0) is 0 Å². The van der Waals surface area contributed by atoms with Crippen LogP contribution in [0.15, 0.2) is 0 Å². The second-order valence-electron chi connectivity index (χ2n) is 6.28. The Balaban J connectivity index is 2.06. The number of nitrogens with one attached hydrogen (secondary N) is 1. The van der Waals surface area contributed by atoms with E-state index in [-0.39, 0.29) is 0 Å². The standard InChI is InChI=1S/C16H32FN/c1-3-4-5-6-7-9-12-16(2,17)14-15-11-8-10-13-18-15/h15,18H,3-14H2,1-2H3. The smallest absolute Gasteiger partial charge is 0.109 e. The number of piperidine rings is 1. The van der Waals surface area contributed by atoms with Crippen LogP contribution in [0.2, 0.25) is 0 Å². The quantitative estimate of drug-likeness (QED) is 0.573. The molecule has 18 heavy (non-hydrogen) atoms. The molecule has 1 saturated heterocycles. The topological polar surface area (TPSA) is 12.0 Å². The van der Waals surface area contributed by atoms with E-state index in [1.165, 1.54) is 44.9 Å². The second-order valence-corrected chi connectivity index (χ2v) is 6.28. The zero-order valence-electron chi connectivity index (χ0n) is 12.4. The molecular formula is C16H32FN. The molecule has 1 N–H and O–H groups in total. The van der Waals surface area contributed by atoms with Crippen molar-refractivity contribution < 1.29 is 4.39 Å². The van der Waals surface area contributed by atoms with Gasteiger partial charge in [0.05, 0.1) is 0 Å². The van der Waals surface area contributed by atoms with Crippen LogP contribution in [0.5, 0.6) is 0 Å². The highest BCUT2D eigenvalue weighted by molar-refractivity contribution is 4.83. The summed E-state index contributed by atoms with van der Waals surface area (Å²) >= 11 is 0. The van der Waals surface area contributed by atoms with Gasteiger partial charge in [0, 0.05) is 6.04 Å². The lowest BCUT2D eigenvalue weighted by Gasteiger charge is -2.30. The average Bonchev–Trinajstić information content (AvgIpc) is 2.34. The molecule has 0 saturated carbocycles. The first-order valence-electron chi connectivity index (χ1n) is 8.06. The summed E-state index contributed by atoms with van der Waals surface area (Å²) in [5.41, 5.74) is -0.959. The molecule has 0 aromatic heterocycles. The van der Waals surface area contributed by atoms with Crippen LogP contribution in [0, 0.1) is 0 Å². The molecule has 1 heterocycles. The second kappa shape index (κ2) is 8.90. The lowest BCUT2D eigenvalue weighted by Crippen LogP contribution is -2.39. The fourth-order valence-corrected chi connectivity index (χ4v) is 2.99. The third-order valence-corrected chi connectivity index (χ3v) is 4.14. The monoisotopic (exact) mass is 257 g/mol. The van der Waals surface area contributed by atoms with Gasteiger partial charge in [0.1, 0.15) is 5.67 Å². The molecule has 0 aliphatic carbocycles. The summed E-state index contributed by atoms with van der Waals surface area (Å²) in [4.78, 5) is 0. The number of rotatable bonds is 9. The Hall–Kier alpha value is -0.110. The molecule has 2 unspecified atom stereocenters. The predicted molar refractivity (Wildman–Crippen MR) is 77.8 cm³/mol. The Kier molecular flexibility index (Phi) is 7.88. The van der Waals surface area contributed by atoms with Crippen molar-refractivity contribution in [3.05, 3.63) is 0 Å². The molecule has 0 aromatic carbocycles. The van der Waals surface area contributed by atoms with Crippen LogP contribution < -0.4 is 5.32 Å². The van der Waals surface area contributed by atoms with Crippen molar-refractivity contribution in [2.75, 3.05) is 6.54 Å². The van der Waals surface area contributed by atoms with Gasteiger partial charge in [-0.25, -0.2) is 4.39 Å². The van der Waals surface area contributed by atoms with E-state index >= 15 is 0 Å². The molecule has 0 radical (unpaired) electrons. The van der Waals surface area contributed by atoms with Gasteiger partial charge in [0.15, 0.2) is 0 Å². The molecule has 2 atom stereocenters. The first-order valence-corrected chi connectivity index (χ1v) is 8.06. The predicted octanol–water partition coefficient (Wildman–Crippen LogP) is 5.00. The van der Waals surface area contributed by atoms with Crippen LogP contribution in [0.3, 0.4) is 0 Å². The maximum Gasteiger partial charge on any atom is 0.109 e. The van der Waals surface area contributed by atoms with Gasteiger partial charge in [-0.3, -0.25) is 0 Å². The molecule has 0 amide bonds. The Bertz CT molecular complexity index is 197. The van der Waals surface area contributed by atoms with Gasteiger partial charge in [-0.1, -0.05) is 51.9 Å². The Morgan fingerprint density at radius 3 is 2.50 bits per heavy atom. The summed E-state index contributed by atoms with van der Waals surface area (Å²) in [5.74, 6) is 0. The summed E-state index contributed by atoms with van der Waals surface area (Å²) in [7, 11) is 0. The van der Waals surface area contributed by atoms with Gasteiger partial charge < -0.3 is 5.32 Å². The number of hydrogen-bond donors (Lipinski definition) is 1. The maximum absolute atomic E-state index is 14.4. The Morgan fingerprint density at radius 2 is 1.83 bits per heavy atom. The molecule has 1 rings (SSSR count). The normalized spacial score (nSPS) is 23.8. The summed E-state index contributed by atoms with van der Waals surface area (Å²) in [6, 6.07) is 0.425. The molecule has 1 nitrogen and oxygen atoms in total. The molecule has 0 spiro atoms. The number of alkyl halides is 1. The third kappa shape index (κ3) is 7.35. The lowest BCUT2D eigenvalue weighted by atomic mass is 9.89. The minimum absolute atomic E-state index is 0.425. The van der Waals surface area contributed by atoms with Crippen molar-refractivity contribution in [1.82, 2.24) is 5.32 Å². The molecule has 0 bridgehead atoms. The molecule has 1 aliphatic rings. The number of hydrogen-bond acceptors (Lipinski definition) is 1. The molecule has 1 fully saturated rings. The SMILES string of the molecule is CCCCCCCCC(C)(F)CC1CCCCN1. The van der Waals surface area contributed by atoms with E-state index in [0.29, 0.717) is 12.5 Å². The van der Waals surface area contributed by atoms with E-state index in [1.54, 1.807) is 6.92 Å². The highest BCUT2D eigenvalue weighted by Gasteiger charge is 2.27. The minimum atomic E-state index is -0.959. The number of halogens is 1. The third-order valence-electron chi connectivity index (χ3n) is 4.14. The van der Waals surface area contributed by atoms with Crippen molar-refractivity contribution in [1.29, 1.82) is 0 Å². The van der Waals surface area contributed by atoms with E-state index in [0.717, 1.165) is 25.8 Å². The van der Waals surface area contributed by atoms with Gasteiger partial charge in [-0.2, -0.15) is 0 Å². The fraction of sp³-hybridized carbons (Fsp3) is 1.00. The van der Waals surface area contributed by atoms with E-state index in [2.05, 4.69) is 12.2 Å². The summed E-state index contributed by atoms with van der Waals surface area (Å²) in [5, 5.41) is 3.45. The first-order chi connectivity index (χ1) is 8.64. The van der Waals surface area contributed by atoms with Crippen LogP contribution in [-0.4, -0.2) is 18.3 Å². The van der Waals surface area contributed by atoms with E-state index in [1.807, 2.05) is 0 Å². The summed E-state index contributed by atoms with van der Waals surface area (Å²) < 4.78 is 14.4. The highest BCUT2D eigenvalue weighted by Crippen LogP contribution is 2.27. The Labute approximate surface area is 113 Å². The van der Waals surface area contributed by atoms with Crippen molar-refractivity contribution in [2.45, 2.75) is 96.2 Å². The highest BCUT2D eigenvalue weighted by atomic mass is 19.1. The van der Waals surface area contributed by atoms with Crippen molar-refractivity contribution in [3.63, 3.8) is 0 Å². The van der Waals surface area contributed by atoms with Gasteiger partial charge >= 0.3 is 0 Å². The molecule has 1 aliphatic heterocycles. The average molecular weight is 257 g/mol. The van der Waals surface area contributed by atoms with Crippen molar-refractivity contribution in [3.8, 4) is 0 Å².